The highest BCUT2D eigenvalue weighted by Gasteiger charge is 2.15. The molecule has 5 heteroatoms. The largest absolute Gasteiger partial charge is 0.356 e. The molecule has 1 aliphatic heterocycles. The van der Waals surface area contributed by atoms with Crippen LogP contribution in [0.4, 0.5) is 0 Å². The summed E-state index contributed by atoms with van der Waals surface area (Å²) in [5.41, 5.74) is 0. The van der Waals surface area contributed by atoms with Gasteiger partial charge in [-0.2, -0.15) is 0 Å². The van der Waals surface area contributed by atoms with Gasteiger partial charge in [0.1, 0.15) is 0 Å². The number of likely N-dealkylation sites (tertiary alicyclic amines) is 1. The van der Waals surface area contributed by atoms with E-state index < -0.39 is 0 Å². The van der Waals surface area contributed by atoms with Gasteiger partial charge in [0.2, 0.25) is 0 Å². The lowest BCUT2D eigenvalue weighted by Crippen LogP contribution is -2.42. The Morgan fingerprint density at radius 3 is 2.45 bits per heavy atom. The minimum atomic E-state index is 0. The lowest BCUT2D eigenvalue weighted by molar-refractivity contribution is 0.330. The highest BCUT2D eigenvalue weighted by atomic mass is 127. The summed E-state index contributed by atoms with van der Waals surface area (Å²) in [7, 11) is 1.87. The van der Waals surface area contributed by atoms with E-state index in [4.69, 9.17) is 0 Å². The van der Waals surface area contributed by atoms with E-state index in [1.807, 2.05) is 7.05 Å². The van der Waals surface area contributed by atoms with Crippen molar-refractivity contribution in [3.05, 3.63) is 0 Å². The summed E-state index contributed by atoms with van der Waals surface area (Å²) in [4.78, 5) is 6.90. The second-order valence-electron chi connectivity index (χ2n) is 5.88. The van der Waals surface area contributed by atoms with Gasteiger partial charge in [-0.25, -0.2) is 0 Å². The molecule has 2 rings (SSSR count). The van der Waals surface area contributed by atoms with Crippen molar-refractivity contribution in [3.8, 4) is 0 Å². The molecule has 2 fully saturated rings. The van der Waals surface area contributed by atoms with Crippen LogP contribution in [0.3, 0.4) is 0 Å². The second kappa shape index (κ2) is 10.7. The molecule has 2 aliphatic rings. The molecule has 1 aliphatic carbocycles. The van der Waals surface area contributed by atoms with Crippen LogP contribution in [0.2, 0.25) is 0 Å². The number of nitrogens with one attached hydrogen (secondary N) is 2. The number of guanidine groups is 1. The average molecular weight is 394 g/mol. The first kappa shape index (κ1) is 18.0. The van der Waals surface area contributed by atoms with Crippen molar-refractivity contribution in [2.24, 2.45) is 4.99 Å². The lowest BCUT2D eigenvalue weighted by Gasteiger charge is -2.17. The van der Waals surface area contributed by atoms with Crippen LogP contribution < -0.4 is 10.6 Å². The first-order chi connectivity index (χ1) is 9.38. The molecule has 0 amide bonds. The zero-order valence-corrected chi connectivity index (χ0v) is 15.2. The van der Waals surface area contributed by atoms with E-state index in [1.165, 1.54) is 71.0 Å². The molecule has 2 N–H and O–H groups in total. The number of halogens is 1. The van der Waals surface area contributed by atoms with Gasteiger partial charge in [0, 0.05) is 19.6 Å². The monoisotopic (exact) mass is 394 g/mol. The molecular formula is C15H31IN4. The maximum Gasteiger partial charge on any atom is 0.191 e. The van der Waals surface area contributed by atoms with Crippen LogP contribution >= 0.6 is 24.0 Å². The summed E-state index contributed by atoms with van der Waals surface area (Å²) < 4.78 is 0. The van der Waals surface area contributed by atoms with E-state index in [0.717, 1.165) is 12.5 Å². The fraction of sp³-hybridized carbons (Fsp3) is 0.933. The van der Waals surface area contributed by atoms with E-state index in [1.54, 1.807) is 0 Å². The Morgan fingerprint density at radius 2 is 1.80 bits per heavy atom. The minimum Gasteiger partial charge on any atom is -0.356 e. The zero-order chi connectivity index (χ0) is 13.3. The third-order valence-corrected chi connectivity index (χ3v) is 4.31. The summed E-state index contributed by atoms with van der Waals surface area (Å²) in [5, 5.41) is 6.97. The number of rotatable bonds is 6. The molecule has 0 aromatic carbocycles. The second-order valence-corrected chi connectivity index (χ2v) is 5.88. The predicted octanol–water partition coefficient (Wildman–Crippen LogP) is 2.59. The summed E-state index contributed by atoms with van der Waals surface area (Å²) in [5.74, 6) is 0.994. The third-order valence-electron chi connectivity index (χ3n) is 4.31. The van der Waals surface area contributed by atoms with Crippen LogP contribution in [0.25, 0.3) is 0 Å². The van der Waals surface area contributed by atoms with Gasteiger partial charge >= 0.3 is 0 Å². The molecule has 1 saturated heterocycles. The topological polar surface area (TPSA) is 39.7 Å². The van der Waals surface area contributed by atoms with E-state index >= 15 is 0 Å². The molecule has 0 bridgehead atoms. The Labute approximate surface area is 141 Å². The molecule has 0 atom stereocenters. The fourth-order valence-electron chi connectivity index (χ4n) is 3.13. The van der Waals surface area contributed by atoms with Crippen LogP contribution in [0.1, 0.15) is 51.4 Å². The van der Waals surface area contributed by atoms with Crippen LogP contribution in [0, 0.1) is 0 Å². The maximum absolute atomic E-state index is 4.31. The molecule has 1 saturated carbocycles. The molecule has 0 aromatic rings. The summed E-state index contributed by atoms with van der Waals surface area (Å²) in [6, 6.07) is 0.649. The summed E-state index contributed by atoms with van der Waals surface area (Å²) in [6.45, 7) is 4.95. The number of nitrogens with zero attached hydrogens (tertiary/aromatic N) is 2. The highest BCUT2D eigenvalue weighted by molar-refractivity contribution is 14.0. The Hall–Kier alpha value is -0.0400. The molecule has 0 radical (unpaired) electrons. The van der Waals surface area contributed by atoms with Crippen molar-refractivity contribution in [3.63, 3.8) is 0 Å². The Morgan fingerprint density at radius 1 is 1.10 bits per heavy atom. The van der Waals surface area contributed by atoms with Gasteiger partial charge in [-0.1, -0.05) is 12.8 Å². The average Bonchev–Trinajstić information content (AvgIpc) is 3.10. The van der Waals surface area contributed by atoms with Crippen LogP contribution in [0.15, 0.2) is 4.99 Å². The molecule has 118 valence electrons. The quantitative estimate of drug-likeness (QED) is 0.315. The van der Waals surface area contributed by atoms with Gasteiger partial charge < -0.3 is 15.5 Å². The van der Waals surface area contributed by atoms with Crippen LogP contribution in [0.5, 0.6) is 0 Å². The van der Waals surface area contributed by atoms with Gasteiger partial charge in [-0.05, 0) is 58.2 Å². The van der Waals surface area contributed by atoms with E-state index in [9.17, 15) is 0 Å². The highest BCUT2D eigenvalue weighted by Crippen LogP contribution is 2.17. The Bertz CT molecular complexity index is 271. The Balaban J connectivity index is 0.00000200. The van der Waals surface area contributed by atoms with Crippen molar-refractivity contribution in [1.82, 2.24) is 15.5 Å². The first-order valence-electron chi connectivity index (χ1n) is 8.08. The molecule has 20 heavy (non-hydrogen) atoms. The van der Waals surface area contributed by atoms with Crippen molar-refractivity contribution in [2.45, 2.75) is 57.4 Å². The van der Waals surface area contributed by atoms with E-state index in [2.05, 4.69) is 20.5 Å². The van der Waals surface area contributed by atoms with Gasteiger partial charge in [-0.3, -0.25) is 4.99 Å². The minimum absolute atomic E-state index is 0. The SMILES string of the molecule is CN=C(NCCCCN1CCCC1)NC1CCCC1.I. The van der Waals surface area contributed by atoms with Crippen molar-refractivity contribution < 1.29 is 0 Å². The smallest absolute Gasteiger partial charge is 0.191 e. The molecule has 1 heterocycles. The lowest BCUT2D eigenvalue weighted by atomic mass is 10.2. The number of aliphatic imine (C=N–C) groups is 1. The number of hydrogen-bond donors (Lipinski definition) is 2. The molecule has 4 nitrogen and oxygen atoms in total. The van der Waals surface area contributed by atoms with Crippen molar-refractivity contribution in [2.75, 3.05) is 33.2 Å². The number of hydrogen-bond acceptors (Lipinski definition) is 2. The van der Waals surface area contributed by atoms with Gasteiger partial charge in [-0.15, -0.1) is 24.0 Å². The Kier molecular flexibility index (Phi) is 9.59. The van der Waals surface area contributed by atoms with Crippen LogP contribution in [-0.2, 0) is 0 Å². The molecule has 0 spiro atoms. The molecular weight excluding hydrogens is 363 g/mol. The summed E-state index contributed by atoms with van der Waals surface area (Å²) in [6.07, 6.45) is 10.7. The molecule has 0 aromatic heterocycles. The van der Waals surface area contributed by atoms with Gasteiger partial charge in [0.15, 0.2) is 5.96 Å². The van der Waals surface area contributed by atoms with Gasteiger partial charge in [0.05, 0.1) is 0 Å². The third kappa shape index (κ3) is 6.61. The van der Waals surface area contributed by atoms with Crippen molar-refractivity contribution >= 4 is 29.9 Å². The first-order valence-corrected chi connectivity index (χ1v) is 8.08. The zero-order valence-electron chi connectivity index (χ0n) is 12.9. The number of unbranched alkanes of at least 4 members (excludes halogenated alkanes) is 1. The van der Waals surface area contributed by atoms with Crippen molar-refractivity contribution in [1.29, 1.82) is 0 Å². The van der Waals surface area contributed by atoms with E-state index in [0.29, 0.717) is 6.04 Å². The maximum atomic E-state index is 4.31. The predicted molar refractivity (Wildman–Crippen MR) is 97.1 cm³/mol. The molecule has 0 unspecified atom stereocenters. The standard InChI is InChI=1S/C15H30N4.HI/c1-16-15(18-14-8-2-3-9-14)17-10-4-5-11-19-12-6-7-13-19;/h14H,2-13H2,1H3,(H2,16,17,18);1H. The summed E-state index contributed by atoms with van der Waals surface area (Å²) >= 11 is 0. The van der Waals surface area contributed by atoms with Crippen LogP contribution in [-0.4, -0.2) is 50.1 Å². The van der Waals surface area contributed by atoms with E-state index in [-0.39, 0.29) is 24.0 Å². The fourth-order valence-corrected chi connectivity index (χ4v) is 3.13. The van der Waals surface area contributed by atoms with Gasteiger partial charge in [0.25, 0.3) is 0 Å². The normalized spacial score (nSPS) is 20.9.